The molecule has 0 bridgehead atoms. The van der Waals surface area contributed by atoms with E-state index in [1.165, 1.54) is 30.5 Å². The molecule has 0 spiro atoms. The van der Waals surface area contributed by atoms with E-state index in [2.05, 4.69) is 47.5 Å². The fraction of sp³-hybridized carbons (Fsp3) is 0.357. The molecule has 1 fully saturated rings. The van der Waals surface area contributed by atoms with Crippen molar-refractivity contribution in [1.29, 1.82) is 0 Å². The Morgan fingerprint density at radius 3 is 2.80 bits per heavy atom. The molecule has 0 unspecified atom stereocenters. The number of hydrogen-bond acceptors (Lipinski definition) is 1. The topological polar surface area (TPSA) is 3.24 Å². The lowest BCUT2D eigenvalue weighted by Gasteiger charge is -2.27. The first-order chi connectivity index (χ1) is 7.38. The van der Waals surface area contributed by atoms with Gasteiger partial charge in [-0.3, -0.25) is 4.90 Å². The van der Waals surface area contributed by atoms with Crippen LogP contribution in [0.15, 0.2) is 48.2 Å². The van der Waals surface area contributed by atoms with Crippen molar-refractivity contribution in [3.63, 3.8) is 0 Å². The number of nitrogens with zero attached hydrogens (tertiary/aromatic N) is 1. The summed E-state index contributed by atoms with van der Waals surface area (Å²) >= 11 is 0. The van der Waals surface area contributed by atoms with E-state index in [1.54, 1.807) is 0 Å². The highest BCUT2D eigenvalue weighted by Gasteiger charge is 2.13. The van der Waals surface area contributed by atoms with Gasteiger partial charge in [0.05, 0.1) is 0 Å². The van der Waals surface area contributed by atoms with Crippen LogP contribution in [0.1, 0.15) is 18.4 Å². The normalized spacial score (nSPS) is 17.5. The van der Waals surface area contributed by atoms with Gasteiger partial charge in [-0.1, -0.05) is 36.9 Å². The van der Waals surface area contributed by atoms with Gasteiger partial charge in [0.25, 0.3) is 0 Å². The highest BCUT2D eigenvalue weighted by Crippen LogP contribution is 2.16. The smallest absolute Gasteiger partial charge is 0.0271 e. The molecular weight excluding hydrogens is 182 g/mol. The molecule has 1 nitrogen and oxygen atoms in total. The molecule has 0 aromatic heterocycles. The van der Waals surface area contributed by atoms with E-state index >= 15 is 0 Å². The summed E-state index contributed by atoms with van der Waals surface area (Å²) in [5.41, 5.74) is 5.79. The second kappa shape index (κ2) is 4.97. The minimum Gasteiger partial charge on any atom is -0.295 e. The van der Waals surface area contributed by atoms with Crippen molar-refractivity contribution in [3.05, 3.63) is 53.8 Å². The minimum atomic E-state index is 1.04. The third-order valence-corrected chi connectivity index (χ3v) is 2.87. The molecule has 1 heterocycles. The molecule has 1 aliphatic rings. The summed E-state index contributed by atoms with van der Waals surface area (Å²) in [7, 11) is 0. The van der Waals surface area contributed by atoms with Gasteiger partial charge in [0.1, 0.15) is 0 Å². The van der Waals surface area contributed by atoms with Crippen LogP contribution >= 0.6 is 0 Å². The summed E-state index contributed by atoms with van der Waals surface area (Å²) in [5, 5.41) is 0. The monoisotopic (exact) mass is 199 g/mol. The molecular formula is C14H17N. The van der Waals surface area contributed by atoms with Crippen molar-refractivity contribution >= 4 is 0 Å². The molecule has 1 heteroatoms. The van der Waals surface area contributed by atoms with Crippen molar-refractivity contribution in [3.8, 4) is 0 Å². The van der Waals surface area contributed by atoms with E-state index in [4.69, 9.17) is 0 Å². The van der Waals surface area contributed by atoms with E-state index in [1.807, 2.05) is 0 Å². The Bertz CT molecular complexity index is 360. The van der Waals surface area contributed by atoms with Gasteiger partial charge in [0.15, 0.2) is 0 Å². The zero-order valence-electron chi connectivity index (χ0n) is 9.08. The zero-order chi connectivity index (χ0) is 10.5. The molecule has 2 rings (SSSR count). The van der Waals surface area contributed by atoms with Crippen molar-refractivity contribution < 1.29 is 0 Å². The molecule has 1 saturated heterocycles. The first kappa shape index (κ1) is 10.2. The molecule has 78 valence electrons. The van der Waals surface area contributed by atoms with E-state index in [0.29, 0.717) is 0 Å². The average Bonchev–Trinajstić information content (AvgIpc) is 2.31. The minimum absolute atomic E-state index is 1.04. The van der Waals surface area contributed by atoms with Crippen molar-refractivity contribution in [2.75, 3.05) is 13.1 Å². The zero-order valence-corrected chi connectivity index (χ0v) is 9.08. The Kier molecular flexibility index (Phi) is 3.39. The van der Waals surface area contributed by atoms with Crippen molar-refractivity contribution in [2.45, 2.75) is 19.4 Å². The number of hydrogen-bond donors (Lipinski definition) is 0. The molecule has 0 atom stereocenters. The summed E-state index contributed by atoms with van der Waals surface area (Å²) in [4.78, 5) is 2.46. The Balaban J connectivity index is 1.98. The van der Waals surface area contributed by atoms with Crippen LogP contribution in [0.5, 0.6) is 0 Å². The van der Waals surface area contributed by atoms with E-state index in [-0.39, 0.29) is 0 Å². The van der Waals surface area contributed by atoms with E-state index in [9.17, 15) is 0 Å². The molecule has 0 radical (unpaired) electrons. The van der Waals surface area contributed by atoms with Gasteiger partial charge in [-0.15, -0.1) is 5.73 Å². The molecule has 0 aliphatic carbocycles. The Labute approximate surface area is 91.7 Å². The quantitative estimate of drug-likeness (QED) is 0.662. The number of rotatable bonds is 2. The lowest BCUT2D eigenvalue weighted by atomic mass is 10.1. The van der Waals surface area contributed by atoms with Gasteiger partial charge >= 0.3 is 0 Å². The third-order valence-electron chi connectivity index (χ3n) is 2.87. The van der Waals surface area contributed by atoms with Crippen LogP contribution in [0.3, 0.4) is 0 Å². The van der Waals surface area contributed by atoms with Gasteiger partial charge in [-0.05, 0) is 30.5 Å². The summed E-state index contributed by atoms with van der Waals surface area (Å²) in [6.07, 6.45) is 2.42. The van der Waals surface area contributed by atoms with Crippen molar-refractivity contribution in [2.24, 2.45) is 0 Å². The summed E-state index contributed by atoms with van der Waals surface area (Å²) < 4.78 is 0. The van der Waals surface area contributed by atoms with Crippen LogP contribution in [0.25, 0.3) is 0 Å². The highest BCUT2D eigenvalue weighted by atomic mass is 15.1. The highest BCUT2D eigenvalue weighted by molar-refractivity contribution is 5.15. The second-order valence-electron chi connectivity index (χ2n) is 4.08. The number of likely N-dealkylation sites (tertiary alicyclic amines) is 1. The molecule has 1 aliphatic heterocycles. The molecule has 0 N–H and O–H groups in total. The molecule has 15 heavy (non-hydrogen) atoms. The Morgan fingerprint density at radius 1 is 1.27 bits per heavy atom. The maximum absolute atomic E-state index is 3.74. The summed E-state index contributed by atoms with van der Waals surface area (Å²) in [5.74, 6) is 0. The first-order valence-electron chi connectivity index (χ1n) is 5.52. The van der Waals surface area contributed by atoms with Crippen LogP contribution < -0.4 is 0 Å². The van der Waals surface area contributed by atoms with Crippen LogP contribution in [0, 0.1) is 0 Å². The Hall–Kier alpha value is -1.30. The van der Waals surface area contributed by atoms with Crippen LogP contribution in [-0.4, -0.2) is 18.0 Å². The lowest BCUT2D eigenvalue weighted by Crippen LogP contribution is -2.30. The van der Waals surface area contributed by atoms with Crippen LogP contribution in [-0.2, 0) is 6.54 Å². The molecule has 0 saturated carbocycles. The maximum Gasteiger partial charge on any atom is 0.0271 e. The van der Waals surface area contributed by atoms with Crippen LogP contribution in [0.4, 0.5) is 0 Å². The second-order valence-corrected chi connectivity index (χ2v) is 4.08. The average molecular weight is 199 g/mol. The van der Waals surface area contributed by atoms with Crippen LogP contribution in [0.2, 0.25) is 0 Å². The standard InChI is InChI=1S/C14H17N/c1-2-13-9-6-10-15(11-13)12-14-7-4-3-5-8-14/h3-5,7-8H,1,6,9-12H2. The third kappa shape index (κ3) is 2.82. The van der Waals surface area contributed by atoms with Gasteiger partial charge in [0.2, 0.25) is 0 Å². The summed E-state index contributed by atoms with van der Waals surface area (Å²) in [6.45, 7) is 7.02. The molecule has 1 aromatic carbocycles. The first-order valence-corrected chi connectivity index (χ1v) is 5.52. The van der Waals surface area contributed by atoms with E-state index < -0.39 is 0 Å². The fourth-order valence-corrected chi connectivity index (χ4v) is 2.06. The SMILES string of the molecule is C=C=C1CCCN(Cc2ccccc2)C1. The predicted molar refractivity (Wildman–Crippen MR) is 63.6 cm³/mol. The number of benzene rings is 1. The lowest BCUT2D eigenvalue weighted by molar-refractivity contribution is 0.258. The van der Waals surface area contributed by atoms with Gasteiger partial charge in [0, 0.05) is 13.1 Å². The molecule has 1 aromatic rings. The molecule has 0 amide bonds. The van der Waals surface area contributed by atoms with E-state index in [0.717, 1.165) is 13.1 Å². The maximum atomic E-state index is 3.74. The van der Waals surface area contributed by atoms with Gasteiger partial charge in [-0.2, -0.15) is 0 Å². The Morgan fingerprint density at radius 2 is 2.07 bits per heavy atom. The van der Waals surface area contributed by atoms with Gasteiger partial charge in [-0.25, -0.2) is 0 Å². The largest absolute Gasteiger partial charge is 0.295 e. The van der Waals surface area contributed by atoms with Gasteiger partial charge < -0.3 is 0 Å². The predicted octanol–water partition coefficient (Wildman–Crippen LogP) is 2.99. The fourth-order valence-electron chi connectivity index (χ4n) is 2.06. The summed E-state index contributed by atoms with van der Waals surface area (Å²) in [6, 6.07) is 10.6. The number of piperidine rings is 1. The van der Waals surface area contributed by atoms with Crippen molar-refractivity contribution in [1.82, 2.24) is 4.90 Å².